The van der Waals surface area contributed by atoms with Gasteiger partial charge in [0.05, 0.1) is 11.5 Å². The van der Waals surface area contributed by atoms with E-state index in [0.717, 1.165) is 11.3 Å². The lowest BCUT2D eigenvalue weighted by Gasteiger charge is -2.11. The molecule has 6 heteroatoms. The highest BCUT2D eigenvalue weighted by molar-refractivity contribution is 5.44. The Morgan fingerprint density at radius 3 is 2.71 bits per heavy atom. The maximum absolute atomic E-state index is 10.9. The fourth-order valence-corrected chi connectivity index (χ4v) is 2.02. The van der Waals surface area contributed by atoms with Crippen LogP contribution in [0.5, 0.6) is 5.75 Å². The van der Waals surface area contributed by atoms with Crippen molar-refractivity contribution in [3.05, 3.63) is 63.0 Å². The molecule has 0 bridgehead atoms. The Labute approximate surface area is 122 Å². The third kappa shape index (κ3) is 3.35. The normalized spacial score (nSPS) is 10.4. The van der Waals surface area contributed by atoms with Gasteiger partial charge in [-0.25, -0.2) is 0 Å². The number of hydrogen-bond acceptors (Lipinski definition) is 5. The van der Waals surface area contributed by atoms with E-state index < -0.39 is 4.92 Å². The average molecular weight is 288 g/mol. The first-order chi connectivity index (χ1) is 10.0. The predicted octanol–water partition coefficient (Wildman–Crippen LogP) is 2.68. The van der Waals surface area contributed by atoms with Crippen molar-refractivity contribution in [2.45, 2.75) is 27.1 Å². The van der Waals surface area contributed by atoms with Gasteiger partial charge in [-0.15, -0.1) is 0 Å². The SMILES string of the molecule is Cc1ccc(OCc2cccc([N+](=O)[O-])c2C)c(CO)n1. The number of ether oxygens (including phenoxy) is 1. The summed E-state index contributed by atoms with van der Waals surface area (Å²) in [6.45, 7) is 3.49. The lowest BCUT2D eigenvalue weighted by atomic mass is 10.1. The zero-order valence-corrected chi connectivity index (χ0v) is 11.9. The second kappa shape index (κ2) is 6.32. The van der Waals surface area contributed by atoms with E-state index in [-0.39, 0.29) is 18.9 Å². The zero-order chi connectivity index (χ0) is 15.4. The topological polar surface area (TPSA) is 85.5 Å². The van der Waals surface area contributed by atoms with Crippen molar-refractivity contribution in [2.24, 2.45) is 0 Å². The van der Waals surface area contributed by atoms with Crippen LogP contribution in [0, 0.1) is 24.0 Å². The summed E-state index contributed by atoms with van der Waals surface area (Å²) in [6, 6.07) is 8.40. The summed E-state index contributed by atoms with van der Waals surface area (Å²) in [5, 5.41) is 20.2. The molecule has 110 valence electrons. The Morgan fingerprint density at radius 1 is 1.29 bits per heavy atom. The van der Waals surface area contributed by atoms with E-state index in [9.17, 15) is 15.2 Å². The van der Waals surface area contributed by atoms with E-state index in [4.69, 9.17) is 4.74 Å². The first-order valence-corrected chi connectivity index (χ1v) is 6.46. The summed E-state index contributed by atoms with van der Waals surface area (Å²) >= 11 is 0. The molecular formula is C15H16N2O4. The number of benzene rings is 1. The summed E-state index contributed by atoms with van der Waals surface area (Å²) in [5.74, 6) is 0.481. The molecule has 1 heterocycles. The Hall–Kier alpha value is -2.47. The third-order valence-electron chi connectivity index (χ3n) is 3.22. The van der Waals surface area contributed by atoms with Gasteiger partial charge in [0.25, 0.3) is 5.69 Å². The van der Waals surface area contributed by atoms with E-state index in [1.165, 1.54) is 6.07 Å². The maximum atomic E-state index is 10.9. The lowest BCUT2D eigenvalue weighted by Crippen LogP contribution is -2.04. The molecule has 21 heavy (non-hydrogen) atoms. The molecule has 0 aliphatic heterocycles. The number of aliphatic hydroxyl groups is 1. The molecule has 6 nitrogen and oxygen atoms in total. The van der Waals surface area contributed by atoms with Crippen molar-refractivity contribution in [1.29, 1.82) is 0 Å². The van der Waals surface area contributed by atoms with Crippen molar-refractivity contribution >= 4 is 5.69 Å². The highest BCUT2D eigenvalue weighted by Gasteiger charge is 2.14. The Morgan fingerprint density at radius 2 is 2.05 bits per heavy atom. The Kier molecular flexibility index (Phi) is 4.49. The minimum absolute atomic E-state index is 0.0699. The molecule has 0 radical (unpaired) electrons. The quantitative estimate of drug-likeness (QED) is 0.675. The molecular weight excluding hydrogens is 272 g/mol. The van der Waals surface area contributed by atoms with Gasteiger partial charge >= 0.3 is 0 Å². The number of nitrogens with zero attached hydrogens (tertiary/aromatic N) is 2. The Bertz CT molecular complexity index is 671. The molecule has 1 N–H and O–H groups in total. The van der Waals surface area contributed by atoms with Crippen molar-refractivity contribution in [3.63, 3.8) is 0 Å². The Balaban J connectivity index is 2.21. The molecule has 0 aliphatic rings. The minimum atomic E-state index is -0.411. The second-order valence-corrected chi connectivity index (χ2v) is 4.66. The molecule has 0 spiro atoms. The molecule has 0 saturated carbocycles. The van der Waals surface area contributed by atoms with Crippen LogP contribution in [0.15, 0.2) is 30.3 Å². The molecule has 0 atom stereocenters. The van der Waals surface area contributed by atoms with E-state index >= 15 is 0 Å². The number of rotatable bonds is 5. The predicted molar refractivity (Wildman–Crippen MR) is 77.1 cm³/mol. The number of aromatic nitrogens is 1. The van der Waals surface area contributed by atoms with Gasteiger partial charge in [-0.3, -0.25) is 15.1 Å². The van der Waals surface area contributed by atoms with Gasteiger partial charge in [0.2, 0.25) is 0 Å². The molecule has 0 unspecified atom stereocenters. The average Bonchev–Trinajstić information content (AvgIpc) is 2.46. The second-order valence-electron chi connectivity index (χ2n) is 4.66. The summed E-state index contributed by atoms with van der Waals surface area (Å²) in [5.41, 5.74) is 2.62. The van der Waals surface area contributed by atoms with Crippen molar-refractivity contribution in [3.8, 4) is 5.75 Å². The maximum Gasteiger partial charge on any atom is 0.272 e. The number of aliphatic hydroxyl groups excluding tert-OH is 1. The van der Waals surface area contributed by atoms with Crippen molar-refractivity contribution in [1.82, 2.24) is 4.98 Å². The van der Waals surface area contributed by atoms with Crippen LogP contribution in [0.25, 0.3) is 0 Å². The van der Waals surface area contributed by atoms with Gasteiger partial charge < -0.3 is 9.84 Å². The standard InChI is InChI=1S/C15H16N2O4/c1-10-6-7-15(13(8-18)16-10)21-9-12-4-3-5-14(11(12)2)17(19)20/h3-7,18H,8-9H2,1-2H3. The first-order valence-electron chi connectivity index (χ1n) is 6.46. The van der Waals surface area contributed by atoms with Gasteiger partial charge in [-0.1, -0.05) is 12.1 Å². The van der Waals surface area contributed by atoms with Crippen LogP contribution in [0.3, 0.4) is 0 Å². The van der Waals surface area contributed by atoms with Crippen LogP contribution < -0.4 is 4.74 Å². The smallest absolute Gasteiger partial charge is 0.272 e. The fraction of sp³-hybridized carbons (Fsp3) is 0.267. The summed E-state index contributed by atoms with van der Waals surface area (Å²) in [4.78, 5) is 14.7. The number of pyridine rings is 1. The lowest BCUT2D eigenvalue weighted by molar-refractivity contribution is -0.385. The number of aryl methyl sites for hydroxylation is 1. The molecule has 2 rings (SSSR count). The van der Waals surface area contributed by atoms with Gasteiger partial charge in [0.1, 0.15) is 18.1 Å². The summed E-state index contributed by atoms with van der Waals surface area (Å²) < 4.78 is 5.64. The molecule has 0 fully saturated rings. The van der Waals surface area contributed by atoms with Crippen LogP contribution in [0.4, 0.5) is 5.69 Å². The molecule has 0 saturated heterocycles. The molecule has 2 aromatic rings. The first kappa shape index (κ1) is 14.9. The summed E-state index contributed by atoms with van der Waals surface area (Å²) in [6.07, 6.45) is 0. The van der Waals surface area contributed by atoms with E-state index in [2.05, 4.69) is 4.98 Å². The van der Waals surface area contributed by atoms with E-state index in [1.807, 2.05) is 6.92 Å². The molecule has 1 aromatic carbocycles. The van der Waals surface area contributed by atoms with E-state index in [0.29, 0.717) is 17.0 Å². The highest BCUT2D eigenvalue weighted by Crippen LogP contribution is 2.24. The van der Waals surface area contributed by atoms with Crippen LogP contribution in [-0.2, 0) is 13.2 Å². The molecule has 1 aromatic heterocycles. The highest BCUT2D eigenvalue weighted by atomic mass is 16.6. The minimum Gasteiger partial charge on any atom is -0.487 e. The molecule has 0 aliphatic carbocycles. The van der Waals surface area contributed by atoms with Crippen LogP contribution in [0.1, 0.15) is 22.5 Å². The summed E-state index contributed by atoms with van der Waals surface area (Å²) in [7, 11) is 0. The number of nitro benzene ring substituents is 1. The number of nitro groups is 1. The third-order valence-corrected chi connectivity index (χ3v) is 3.22. The van der Waals surface area contributed by atoms with Gasteiger partial charge in [0.15, 0.2) is 0 Å². The zero-order valence-electron chi connectivity index (χ0n) is 11.9. The van der Waals surface area contributed by atoms with Gasteiger partial charge in [0, 0.05) is 17.3 Å². The van der Waals surface area contributed by atoms with Gasteiger partial charge in [-0.2, -0.15) is 0 Å². The monoisotopic (exact) mass is 288 g/mol. The molecule has 0 amide bonds. The largest absolute Gasteiger partial charge is 0.487 e. The fourth-order valence-electron chi connectivity index (χ4n) is 2.02. The van der Waals surface area contributed by atoms with Crippen LogP contribution in [-0.4, -0.2) is 15.0 Å². The number of hydrogen-bond donors (Lipinski definition) is 1. The van der Waals surface area contributed by atoms with Crippen molar-refractivity contribution < 1.29 is 14.8 Å². The van der Waals surface area contributed by atoms with Crippen molar-refractivity contribution in [2.75, 3.05) is 0 Å². The van der Waals surface area contributed by atoms with Crippen LogP contribution in [0.2, 0.25) is 0 Å². The van der Waals surface area contributed by atoms with Gasteiger partial charge in [-0.05, 0) is 31.5 Å². The van der Waals surface area contributed by atoms with E-state index in [1.54, 1.807) is 31.2 Å². The van der Waals surface area contributed by atoms with Crippen LogP contribution >= 0.6 is 0 Å².